The van der Waals surface area contributed by atoms with E-state index in [-0.39, 0.29) is 0 Å². The van der Waals surface area contributed by atoms with Crippen molar-refractivity contribution in [3.8, 4) is 0 Å². The molecule has 0 radical (unpaired) electrons. The second-order valence-electron chi connectivity index (χ2n) is 8.88. The molecule has 0 saturated heterocycles. The molecule has 4 N–H and O–H groups in total. The second kappa shape index (κ2) is 7.83. The summed E-state index contributed by atoms with van der Waals surface area (Å²) >= 11 is 0. The Morgan fingerprint density at radius 2 is 1.04 bits per heavy atom. The van der Waals surface area contributed by atoms with Crippen LogP contribution in [0.4, 0.5) is 9.59 Å². The molecule has 6 heteroatoms. The van der Waals surface area contributed by atoms with E-state index in [9.17, 15) is 0 Å². The van der Waals surface area contributed by atoms with Crippen molar-refractivity contribution in [1.82, 2.24) is 0 Å². The summed E-state index contributed by atoms with van der Waals surface area (Å²) < 4.78 is 0. The van der Waals surface area contributed by atoms with Crippen LogP contribution in [0.15, 0.2) is 0 Å². The lowest BCUT2D eigenvalue weighted by molar-refractivity contribution is -0.137. The summed E-state index contributed by atoms with van der Waals surface area (Å²) in [7, 11) is 0. The van der Waals surface area contributed by atoms with Gasteiger partial charge in [-0.2, -0.15) is 0 Å². The molecule has 0 heterocycles. The zero-order chi connectivity index (χ0) is 18.7. The van der Waals surface area contributed by atoms with Crippen LogP contribution in [0.3, 0.4) is 0 Å². The van der Waals surface area contributed by atoms with Crippen LogP contribution in [-0.4, -0.2) is 32.7 Å². The number of carboxylic acid groups (broad SMARTS) is 4. The largest absolute Gasteiger partial charge is 0.503 e. The molecule has 0 aliphatic heterocycles. The van der Waals surface area contributed by atoms with Crippen molar-refractivity contribution in [3.63, 3.8) is 0 Å². The minimum atomic E-state index is -1.83. The lowest BCUT2D eigenvalue weighted by Crippen LogP contribution is -2.54. The van der Waals surface area contributed by atoms with E-state index in [0.717, 1.165) is 28.6 Å². The van der Waals surface area contributed by atoms with Crippen molar-refractivity contribution in [3.05, 3.63) is 0 Å². The first-order valence-corrected chi connectivity index (χ1v) is 9.49. The van der Waals surface area contributed by atoms with Crippen LogP contribution in [0.25, 0.3) is 0 Å². The predicted octanol–water partition coefficient (Wildman–Crippen LogP) is 5.62. The third-order valence-electron chi connectivity index (χ3n) is 7.28. The normalized spacial score (nSPS) is 37.1. The second-order valence-corrected chi connectivity index (χ2v) is 8.88. The van der Waals surface area contributed by atoms with Gasteiger partial charge in [0.25, 0.3) is 0 Å². The predicted molar refractivity (Wildman–Crippen MR) is 93.1 cm³/mol. The fourth-order valence-corrected chi connectivity index (χ4v) is 6.71. The molecular formula is C19H32O6. The van der Waals surface area contributed by atoms with E-state index in [1.807, 2.05) is 0 Å². The molecule has 5 aliphatic rings. The SMILES string of the molecule is CC1(C23CC4CC(CC(C4)C2)C3)CCCCC1.O=C(O)O.O=C(O)O. The van der Waals surface area contributed by atoms with Gasteiger partial charge in [0.15, 0.2) is 0 Å². The summed E-state index contributed by atoms with van der Waals surface area (Å²) in [5, 5.41) is 27.9. The maximum absolute atomic E-state index is 8.56. The van der Waals surface area contributed by atoms with Crippen LogP contribution >= 0.6 is 0 Å². The molecule has 4 bridgehead atoms. The average Bonchev–Trinajstić information content (AvgIpc) is 2.45. The highest BCUT2D eigenvalue weighted by atomic mass is 16.6. The Morgan fingerprint density at radius 3 is 1.36 bits per heavy atom. The number of hydrogen-bond donors (Lipinski definition) is 4. The maximum Gasteiger partial charge on any atom is 0.503 e. The summed E-state index contributed by atoms with van der Waals surface area (Å²) in [5.74, 6) is 3.42. The molecule has 5 aliphatic carbocycles. The minimum absolute atomic E-state index is 0.737. The van der Waals surface area contributed by atoms with Gasteiger partial charge in [-0.15, -0.1) is 0 Å². The van der Waals surface area contributed by atoms with Gasteiger partial charge >= 0.3 is 12.3 Å². The Balaban J connectivity index is 0.000000241. The monoisotopic (exact) mass is 356 g/mol. The van der Waals surface area contributed by atoms with Crippen LogP contribution < -0.4 is 0 Å². The molecule has 5 fully saturated rings. The first kappa shape index (κ1) is 19.9. The standard InChI is InChI=1S/C17H28.2CH2O3/c1-16(5-3-2-4-6-16)17-10-13-7-14(11-17)9-15(8-13)12-17;2*2-1(3)4/h13-15H,2-12H2,1H3;2*(H2,2,3,4). The van der Waals surface area contributed by atoms with Gasteiger partial charge in [-0.3, -0.25) is 0 Å². The highest BCUT2D eigenvalue weighted by Crippen LogP contribution is 2.68. The Hall–Kier alpha value is -1.46. The molecule has 5 rings (SSSR count). The summed E-state index contributed by atoms with van der Waals surface area (Å²) in [5.41, 5.74) is 1.55. The molecule has 0 aromatic carbocycles. The molecule has 0 atom stereocenters. The van der Waals surface area contributed by atoms with E-state index < -0.39 is 12.3 Å². The Morgan fingerprint density at radius 1 is 0.720 bits per heavy atom. The van der Waals surface area contributed by atoms with Crippen molar-refractivity contribution < 1.29 is 30.0 Å². The van der Waals surface area contributed by atoms with E-state index in [2.05, 4.69) is 6.92 Å². The van der Waals surface area contributed by atoms with Crippen LogP contribution in [-0.2, 0) is 0 Å². The number of carbonyl (C=O) groups is 2. The zero-order valence-corrected chi connectivity index (χ0v) is 15.1. The van der Waals surface area contributed by atoms with Crippen LogP contribution in [0, 0.1) is 28.6 Å². The summed E-state index contributed by atoms with van der Waals surface area (Å²) in [4.78, 5) is 17.1. The summed E-state index contributed by atoms with van der Waals surface area (Å²) in [6.07, 6.45) is 13.7. The number of hydrogen-bond acceptors (Lipinski definition) is 2. The molecule has 0 spiro atoms. The van der Waals surface area contributed by atoms with Crippen LogP contribution in [0.5, 0.6) is 0 Å². The van der Waals surface area contributed by atoms with E-state index in [1.54, 1.807) is 51.4 Å². The van der Waals surface area contributed by atoms with E-state index >= 15 is 0 Å². The molecular weight excluding hydrogens is 324 g/mol. The van der Waals surface area contributed by atoms with E-state index in [4.69, 9.17) is 30.0 Å². The molecule has 144 valence electrons. The smallest absolute Gasteiger partial charge is 0.450 e. The van der Waals surface area contributed by atoms with Gasteiger partial charge in [-0.05, 0) is 80.0 Å². The van der Waals surface area contributed by atoms with Crippen molar-refractivity contribution in [2.75, 3.05) is 0 Å². The van der Waals surface area contributed by atoms with Gasteiger partial charge in [0.2, 0.25) is 0 Å². The summed E-state index contributed by atoms with van der Waals surface area (Å²) in [6, 6.07) is 0. The molecule has 0 aromatic heterocycles. The van der Waals surface area contributed by atoms with Gasteiger partial charge in [0.05, 0.1) is 0 Å². The number of rotatable bonds is 1. The van der Waals surface area contributed by atoms with E-state index in [0.29, 0.717) is 0 Å². The molecule has 0 amide bonds. The fourth-order valence-electron chi connectivity index (χ4n) is 6.71. The lowest BCUT2D eigenvalue weighted by atomic mass is 9.41. The molecule has 0 unspecified atom stereocenters. The summed E-state index contributed by atoms with van der Waals surface area (Å²) in [6.45, 7) is 2.68. The lowest BCUT2D eigenvalue weighted by Gasteiger charge is -2.64. The molecule has 5 saturated carbocycles. The minimum Gasteiger partial charge on any atom is -0.450 e. The third kappa shape index (κ3) is 4.79. The van der Waals surface area contributed by atoms with Crippen molar-refractivity contribution in [2.24, 2.45) is 28.6 Å². The first-order chi connectivity index (χ1) is 11.7. The Bertz CT molecular complexity index is 425. The van der Waals surface area contributed by atoms with Gasteiger partial charge in [-0.1, -0.05) is 26.2 Å². The topological polar surface area (TPSA) is 115 Å². The Kier molecular flexibility index (Phi) is 6.22. The van der Waals surface area contributed by atoms with Gasteiger partial charge < -0.3 is 20.4 Å². The zero-order valence-electron chi connectivity index (χ0n) is 15.1. The maximum atomic E-state index is 8.56. The van der Waals surface area contributed by atoms with Crippen molar-refractivity contribution in [2.45, 2.75) is 77.6 Å². The van der Waals surface area contributed by atoms with Crippen molar-refractivity contribution >= 4 is 12.3 Å². The Labute approximate surface area is 149 Å². The van der Waals surface area contributed by atoms with Gasteiger partial charge in [0.1, 0.15) is 0 Å². The van der Waals surface area contributed by atoms with Crippen LogP contribution in [0.1, 0.15) is 77.6 Å². The molecule has 25 heavy (non-hydrogen) atoms. The third-order valence-corrected chi connectivity index (χ3v) is 7.28. The molecule has 6 nitrogen and oxygen atoms in total. The van der Waals surface area contributed by atoms with Gasteiger partial charge in [0, 0.05) is 0 Å². The highest BCUT2D eigenvalue weighted by molar-refractivity contribution is 5.53. The molecule has 0 aromatic rings. The fraction of sp³-hybridized carbons (Fsp3) is 0.895. The quantitative estimate of drug-likeness (QED) is 0.485. The highest BCUT2D eigenvalue weighted by Gasteiger charge is 2.58. The first-order valence-electron chi connectivity index (χ1n) is 9.49. The average molecular weight is 356 g/mol. The van der Waals surface area contributed by atoms with Gasteiger partial charge in [-0.25, -0.2) is 9.59 Å². The van der Waals surface area contributed by atoms with Crippen molar-refractivity contribution in [1.29, 1.82) is 0 Å². The van der Waals surface area contributed by atoms with Crippen LogP contribution in [0.2, 0.25) is 0 Å². The van der Waals surface area contributed by atoms with E-state index in [1.165, 1.54) is 19.3 Å².